The number of benzene rings is 1. The molecule has 0 bridgehead atoms. The molecule has 1 fully saturated rings. The first-order valence-electron chi connectivity index (χ1n) is 5.67. The fourth-order valence-corrected chi connectivity index (χ4v) is 2.78. The molecular formula is C13H14NO2Y-. The van der Waals surface area contributed by atoms with Gasteiger partial charge >= 0.3 is 6.09 Å². The van der Waals surface area contributed by atoms with Crippen LogP contribution >= 0.6 is 0 Å². The molecule has 17 heavy (non-hydrogen) atoms. The van der Waals surface area contributed by atoms with Gasteiger partial charge in [0.15, 0.2) is 0 Å². The molecule has 4 heteroatoms. The van der Waals surface area contributed by atoms with E-state index in [9.17, 15) is 4.79 Å². The number of carbonyl (C=O) groups excluding carboxylic acids is 1. The number of hydrogen-bond donors (Lipinski definition) is 0. The summed E-state index contributed by atoms with van der Waals surface area (Å²) in [6.07, 6.45) is 0.657. The standard InChI is InChI=1S/C13H14NO2.Y/c1-8-11-6-4-3-5-10(11)7-12-9(2)16-13(15)14(8)12;/h3-4,6,8-9,12H,7H2,1-2H3;/q-1;/t8?,9-,12?;/m0./s1. The van der Waals surface area contributed by atoms with Gasteiger partial charge in [0, 0.05) is 38.8 Å². The Kier molecular flexibility index (Phi) is 3.60. The Morgan fingerprint density at radius 3 is 3.00 bits per heavy atom. The fourth-order valence-electron chi connectivity index (χ4n) is 2.78. The predicted molar refractivity (Wildman–Crippen MR) is 59.0 cm³/mol. The van der Waals surface area contributed by atoms with Gasteiger partial charge in [-0.1, -0.05) is 6.92 Å². The largest absolute Gasteiger partial charge is 0.444 e. The van der Waals surface area contributed by atoms with E-state index in [1.807, 2.05) is 24.0 Å². The second-order valence-electron chi connectivity index (χ2n) is 4.55. The molecule has 2 heterocycles. The monoisotopic (exact) mass is 305 g/mol. The van der Waals surface area contributed by atoms with Crippen LogP contribution in [0.15, 0.2) is 18.2 Å². The Balaban J connectivity index is 0.00000108. The summed E-state index contributed by atoms with van der Waals surface area (Å²) in [7, 11) is 0. The van der Waals surface area contributed by atoms with Crippen LogP contribution in [0.3, 0.4) is 0 Å². The first-order chi connectivity index (χ1) is 7.68. The molecular weight excluding hydrogens is 291 g/mol. The molecule has 0 aromatic heterocycles. The molecule has 0 saturated carbocycles. The molecule has 0 N–H and O–H groups in total. The smallest absolute Gasteiger partial charge is 0.410 e. The summed E-state index contributed by atoms with van der Waals surface area (Å²) in [6.45, 7) is 4.02. The number of nitrogens with zero attached hydrogens (tertiary/aromatic N) is 1. The second kappa shape index (κ2) is 4.70. The number of carbonyl (C=O) groups is 1. The number of fused-ring (bicyclic) bond motifs is 2. The van der Waals surface area contributed by atoms with Crippen LogP contribution in [0.25, 0.3) is 0 Å². The number of cyclic esters (lactones) is 1. The van der Waals surface area contributed by atoms with Crippen LogP contribution in [0.2, 0.25) is 0 Å². The Morgan fingerprint density at radius 1 is 1.47 bits per heavy atom. The number of hydrogen-bond acceptors (Lipinski definition) is 2. The zero-order valence-electron chi connectivity index (χ0n) is 10.0. The summed E-state index contributed by atoms with van der Waals surface area (Å²) >= 11 is 0. The molecule has 0 spiro atoms. The van der Waals surface area contributed by atoms with Gasteiger partial charge in [-0.15, -0.1) is 5.56 Å². The average molecular weight is 305 g/mol. The quantitative estimate of drug-likeness (QED) is 0.688. The minimum Gasteiger partial charge on any atom is -0.444 e. The molecule has 1 radical (unpaired) electrons. The van der Waals surface area contributed by atoms with Crippen molar-refractivity contribution >= 4 is 6.09 Å². The minimum absolute atomic E-state index is 0. The topological polar surface area (TPSA) is 29.5 Å². The third-order valence-corrected chi connectivity index (χ3v) is 3.66. The molecule has 2 unspecified atom stereocenters. The molecule has 0 aliphatic carbocycles. The van der Waals surface area contributed by atoms with E-state index in [1.165, 1.54) is 11.1 Å². The van der Waals surface area contributed by atoms with E-state index in [0.29, 0.717) is 0 Å². The van der Waals surface area contributed by atoms with Gasteiger partial charge in [-0.2, -0.15) is 29.8 Å². The van der Waals surface area contributed by atoms with Gasteiger partial charge in [-0.05, 0) is 13.3 Å². The first kappa shape index (κ1) is 13.0. The van der Waals surface area contributed by atoms with E-state index >= 15 is 0 Å². The second-order valence-corrected chi connectivity index (χ2v) is 4.55. The van der Waals surface area contributed by atoms with Crippen LogP contribution in [0.5, 0.6) is 0 Å². The van der Waals surface area contributed by atoms with Crippen molar-refractivity contribution in [3.05, 3.63) is 35.4 Å². The van der Waals surface area contributed by atoms with E-state index in [4.69, 9.17) is 4.74 Å². The Bertz CT molecular complexity index is 449. The van der Waals surface area contributed by atoms with Gasteiger partial charge in [-0.25, -0.2) is 4.79 Å². The van der Waals surface area contributed by atoms with Gasteiger partial charge in [0.2, 0.25) is 0 Å². The van der Waals surface area contributed by atoms with E-state index in [1.54, 1.807) is 0 Å². The van der Waals surface area contributed by atoms with Crippen molar-refractivity contribution in [1.82, 2.24) is 4.90 Å². The minimum atomic E-state index is -0.181. The van der Waals surface area contributed by atoms with Gasteiger partial charge in [0.1, 0.15) is 6.10 Å². The van der Waals surface area contributed by atoms with Crippen LogP contribution in [0.4, 0.5) is 4.79 Å². The van der Waals surface area contributed by atoms with Crippen molar-refractivity contribution in [3.8, 4) is 0 Å². The molecule has 1 amide bonds. The van der Waals surface area contributed by atoms with Crippen molar-refractivity contribution in [2.24, 2.45) is 0 Å². The normalized spacial score (nSPS) is 30.1. The summed E-state index contributed by atoms with van der Waals surface area (Å²) < 4.78 is 5.28. The van der Waals surface area contributed by atoms with Gasteiger partial charge < -0.3 is 9.64 Å². The summed E-state index contributed by atoms with van der Waals surface area (Å²) in [4.78, 5) is 13.6. The maximum absolute atomic E-state index is 11.7. The van der Waals surface area contributed by atoms with E-state index < -0.39 is 0 Å². The number of ether oxygens (including phenoxy) is 1. The van der Waals surface area contributed by atoms with Gasteiger partial charge in [0.05, 0.1) is 6.04 Å². The van der Waals surface area contributed by atoms with E-state index in [-0.39, 0.29) is 57.0 Å². The Labute approximate surface area is 126 Å². The van der Waals surface area contributed by atoms with E-state index in [2.05, 4.69) is 19.1 Å². The summed E-state index contributed by atoms with van der Waals surface area (Å²) in [5, 5.41) is 0. The third-order valence-electron chi connectivity index (χ3n) is 3.66. The molecule has 3 nitrogen and oxygen atoms in total. The summed E-state index contributed by atoms with van der Waals surface area (Å²) in [6, 6.07) is 9.53. The van der Waals surface area contributed by atoms with Crippen LogP contribution in [-0.2, 0) is 43.9 Å². The average Bonchev–Trinajstić information content (AvgIpc) is 2.55. The molecule has 1 aromatic rings. The maximum Gasteiger partial charge on any atom is 0.410 e. The molecule has 3 rings (SSSR count). The zero-order chi connectivity index (χ0) is 11.3. The fraction of sp³-hybridized carbons (Fsp3) is 0.462. The van der Waals surface area contributed by atoms with Crippen molar-refractivity contribution < 1.29 is 42.2 Å². The van der Waals surface area contributed by atoms with Crippen LogP contribution in [0, 0.1) is 6.07 Å². The van der Waals surface area contributed by atoms with Crippen molar-refractivity contribution in [2.45, 2.75) is 38.5 Å². The van der Waals surface area contributed by atoms with Crippen molar-refractivity contribution in [2.75, 3.05) is 0 Å². The van der Waals surface area contributed by atoms with E-state index in [0.717, 1.165) is 6.42 Å². The number of amides is 1. The van der Waals surface area contributed by atoms with Crippen LogP contribution in [0.1, 0.15) is 31.0 Å². The molecule has 3 atom stereocenters. The number of rotatable bonds is 0. The predicted octanol–water partition coefficient (Wildman–Crippen LogP) is 2.31. The summed E-state index contributed by atoms with van der Waals surface area (Å²) in [5.74, 6) is 0. The molecule has 87 valence electrons. The zero-order valence-corrected chi connectivity index (χ0v) is 12.9. The molecule has 1 saturated heterocycles. The van der Waals surface area contributed by atoms with Gasteiger partial charge in [0.25, 0.3) is 0 Å². The maximum atomic E-state index is 11.7. The molecule has 1 aromatic carbocycles. The van der Waals surface area contributed by atoms with Gasteiger partial charge in [-0.3, -0.25) is 0 Å². The Morgan fingerprint density at radius 2 is 2.24 bits per heavy atom. The van der Waals surface area contributed by atoms with Crippen LogP contribution in [-0.4, -0.2) is 23.1 Å². The molecule has 2 aliphatic rings. The molecule has 2 aliphatic heterocycles. The first-order valence-corrected chi connectivity index (χ1v) is 5.67. The van der Waals surface area contributed by atoms with Crippen molar-refractivity contribution in [1.29, 1.82) is 0 Å². The SMILES string of the molecule is CC1c2ccc[c-]c2CC2[C@H](C)OC(=O)N12.[Y]. The Hall–Kier alpha value is -0.406. The van der Waals surface area contributed by atoms with Crippen LogP contribution < -0.4 is 0 Å². The van der Waals surface area contributed by atoms with Crippen molar-refractivity contribution in [3.63, 3.8) is 0 Å². The third kappa shape index (κ3) is 1.93. The summed E-state index contributed by atoms with van der Waals surface area (Å²) in [5.41, 5.74) is 2.42.